The molecule has 0 fully saturated rings. The van der Waals surface area contributed by atoms with Crippen LogP contribution in [0.1, 0.15) is 19.4 Å². The van der Waals surface area contributed by atoms with Gasteiger partial charge >= 0.3 is 0 Å². The van der Waals surface area contributed by atoms with E-state index in [0.717, 1.165) is 13.1 Å². The number of aromatic nitrogens is 1. The van der Waals surface area contributed by atoms with Crippen LogP contribution in [0.4, 0.5) is 5.69 Å². The molecule has 0 aliphatic heterocycles. The summed E-state index contributed by atoms with van der Waals surface area (Å²) in [5.74, 6) is 0. The molecule has 0 saturated carbocycles. The van der Waals surface area contributed by atoms with E-state index in [4.69, 9.17) is 0 Å². The molecule has 2 nitrogen and oxygen atoms in total. The maximum absolute atomic E-state index is 2.35. The van der Waals surface area contributed by atoms with Gasteiger partial charge in [-0.25, -0.2) is 0 Å². The van der Waals surface area contributed by atoms with Crippen molar-refractivity contribution in [2.45, 2.75) is 13.8 Å². The molecule has 23 heavy (non-hydrogen) atoms. The number of nitrogens with zero attached hydrogens (tertiary/aromatic N) is 2. The van der Waals surface area contributed by atoms with Gasteiger partial charge in [-0.3, -0.25) is 0 Å². The Morgan fingerprint density at radius 3 is 2.13 bits per heavy atom. The minimum Gasteiger partial charge on any atom is -0.372 e. The first-order chi connectivity index (χ1) is 11.3. The smallest absolute Gasteiger partial charge is 0.174 e. The first kappa shape index (κ1) is 16.8. The van der Waals surface area contributed by atoms with E-state index in [1.807, 2.05) is 59.6 Å². The number of benzene rings is 1. The Kier molecular flexibility index (Phi) is 6.86. The highest BCUT2D eigenvalue weighted by Crippen LogP contribution is 2.15. The Hall–Kier alpha value is -2.61. The third kappa shape index (κ3) is 5.59. The number of anilines is 1. The average molecular weight is 305 g/mol. The van der Waals surface area contributed by atoms with Crippen molar-refractivity contribution in [2.75, 3.05) is 18.0 Å². The van der Waals surface area contributed by atoms with Crippen LogP contribution >= 0.6 is 0 Å². The normalized spacial score (nSPS) is 11.7. The molecule has 0 aliphatic carbocycles. The van der Waals surface area contributed by atoms with Gasteiger partial charge in [-0.2, -0.15) is 4.57 Å². The fourth-order valence-corrected chi connectivity index (χ4v) is 2.34. The van der Waals surface area contributed by atoms with E-state index in [0.29, 0.717) is 0 Å². The van der Waals surface area contributed by atoms with E-state index in [1.165, 1.54) is 11.3 Å². The second kappa shape index (κ2) is 9.42. The van der Waals surface area contributed by atoms with Gasteiger partial charge in [0.25, 0.3) is 0 Å². The summed E-state index contributed by atoms with van der Waals surface area (Å²) in [6, 6.07) is 14.7. The van der Waals surface area contributed by atoms with Crippen LogP contribution in [0, 0.1) is 0 Å². The molecule has 1 aromatic carbocycles. The van der Waals surface area contributed by atoms with E-state index in [2.05, 4.69) is 55.2 Å². The molecule has 0 radical (unpaired) electrons. The van der Waals surface area contributed by atoms with Crippen molar-refractivity contribution in [1.82, 2.24) is 0 Å². The summed E-state index contributed by atoms with van der Waals surface area (Å²) in [6.45, 7) is 6.45. The number of rotatable bonds is 7. The van der Waals surface area contributed by atoms with Crippen LogP contribution in [0.15, 0.2) is 79.2 Å². The van der Waals surface area contributed by atoms with Gasteiger partial charge in [0.1, 0.15) is 0 Å². The zero-order valence-corrected chi connectivity index (χ0v) is 14.0. The third-order valence-corrected chi connectivity index (χ3v) is 3.64. The zero-order valence-electron chi connectivity index (χ0n) is 14.0. The Balaban J connectivity index is 1.88. The Morgan fingerprint density at radius 2 is 1.48 bits per heavy atom. The standard InChI is InChI=1S/C21H25N2/c1-3-23(4-2)21-15-13-20(14-16-21)12-8-5-6-9-17-22-18-10-7-11-19-22/h5-19H,3-4H2,1-2H3/q+1. The summed E-state index contributed by atoms with van der Waals surface area (Å²) >= 11 is 0. The second-order valence-corrected chi connectivity index (χ2v) is 5.17. The van der Waals surface area contributed by atoms with Gasteiger partial charge in [0.05, 0.1) is 0 Å². The van der Waals surface area contributed by atoms with Crippen molar-refractivity contribution in [3.05, 3.63) is 84.7 Å². The van der Waals surface area contributed by atoms with Crippen LogP contribution in [0.25, 0.3) is 12.3 Å². The third-order valence-electron chi connectivity index (χ3n) is 3.64. The first-order valence-corrected chi connectivity index (χ1v) is 8.15. The molecule has 1 heterocycles. The van der Waals surface area contributed by atoms with E-state index in [1.54, 1.807) is 0 Å². The molecule has 0 N–H and O–H groups in total. The van der Waals surface area contributed by atoms with Gasteiger partial charge in [-0.15, -0.1) is 0 Å². The maximum atomic E-state index is 2.35. The molecule has 2 rings (SSSR count). The zero-order chi connectivity index (χ0) is 16.3. The highest BCUT2D eigenvalue weighted by molar-refractivity contribution is 5.57. The molecule has 0 atom stereocenters. The van der Waals surface area contributed by atoms with Gasteiger partial charge in [-0.05, 0) is 31.5 Å². The molecule has 0 aliphatic rings. The van der Waals surface area contributed by atoms with Crippen LogP contribution in [0.2, 0.25) is 0 Å². The molecular formula is C21H25N2+. The van der Waals surface area contributed by atoms with Crippen molar-refractivity contribution < 1.29 is 4.57 Å². The van der Waals surface area contributed by atoms with E-state index in [9.17, 15) is 0 Å². The summed E-state index contributed by atoms with van der Waals surface area (Å²) in [4.78, 5) is 2.35. The second-order valence-electron chi connectivity index (χ2n) is 5.17. The van der Waals surface area contributed by atoms with Crippen molar-refractivity contribution in [3.63, 3.8) is 0 Å². The quantitative estimate of drug-likeness (QED) is 0.537. The van der Waals surface area contributed by atoms with Crippen LogP contribution in [-0.4, -0.2) is 13.1 Å². The Labute approximate surface area is 139 Å². The minimum atomic E-state index is 1.04. The van der Waals surface area contributed by atoms with Gasteiger partial charge in [0.15, 0.2) is 18.6 Å². The fraction of sp³-hybridized carbons (Fsp3) is 0.190. The number of allylic oxidation sites excluding steroid dienone is 4. The lowest BCUT2D eigenvalue weighted by Gasteiger charge is -2.20. The number of pyridine rings is 1. The molecule has 0 saturated heterocycles. The molecular weight excluding hydrogens is 280 g/mol. The van der Waals surface area contributed by atoms with Crippen molar-refractivity contribution in [2.24, 2.45) is 0 Å². The maximum Gasteiger partial charge on any atom is 0.174 e. The highest BCUT2D eigenvalue weighted by atomic mass is 15.1. The summed E-state index contributed by atoms with van der Waals surface area (Å²) in [6.07, 6.45) is 16.3. The van der Waals surface area contributed by atoms with Crippen LogP contribution < -0.4 is 9.47 Å². The summed E-state index contributed by atoms with van der Waals surface area (Å²) in [5, 5.41) is 0. The lowest BCUT2D eigenvalue weighted by molar-refractivity contribution is -0.568. The molecule has 0 bridgehead atoms. The summed E-state index contributed by atoms with van der Waals surface area (Å²) < 4.78 is 2.01. The van der Waals surface area contributed by atoms with E-state index >= 15 is 0 Å². The Bertz CT molecular complexity index is 648. The largest absolute Gasteiger partial charge is 0.372 e. The van der Waals surface area contributed by atoms with Gasteiger partial charge in [0, 0.05) is 37.0 Å². The summed E-state index contributed by atoms with van der Waals surface area (Å²) in [7, 11) is 0. The van der Waals surface area contributed by atoms with Crippen LogP contribution in [0.3, 0.4) is 0 Å². The molecule has 0 spiro atoms. The SMILES string of the molecule is CCN(CC)c1ccc(C=CC=CC=C[n+]2ccccc2)cc1. The molecule has 2 aromatic rings. The molecule has 0 unspecified atom stereocenters. The van der Waals surface area contributed by atoms with Crippen molar-refractivity contribution in [1.29, 1.82) is 0 Å². The molecule has 2 heteroatoms. The minimum absolute atomic E-state index is 1.04. The van der Waals surface area contributed by atoms with Gasteiger partial charge < -0.3 is 4.90 Å². The monoisotopic (exact) mass is 305 g/mol. The van der Waals surface area contributed by atoms with Gasteiger partial charge in [-0.1, -0.05) is 42.5 Å². The molecule has 1 aromatic heterocycles. The van der Waals surface area contributed by atoms with E-state index in [-0.39, 0.29) is 0 Å². The lowest BCUT2D eigenvalue weighted by Crippen LogP contribution is -2.23. The lowest BCUT2D eigenvalue weighted by atomic mass is 10.2. The molecule has 118 valence electrons. The van der Waals surface area contributed by atoms with Crippen molar-refractivity contribution >= 4 is 18.0 Å². The highest BCUT2D eigenvalue weighted by Gasteiger charge is 1.99. The molecule has 0 amide bonds. The predicted molar refractivity (Wildman–Crippen MR) is 100 cm³/mol. The predicted octanol–water partition coefficient (Wildman–Crippen LogP) is 4.56. The van der Waals surface area contributed by atoms with Gasteiger partial charge in [0.2, 0.25) is 0 Å². The van der Waals surface area contributed by atoms with E-state index < -0.39 is 0 Å². The summed E-state index contributed by atoms with van der Waals surface area (Å²) in [5.41, 5.74) is 2.50. The van der Waals surface area contributed by atoms with Crippen molar-refractivity contribution in [3.8, 4) is 0 Å². The Morgan fingerprint density at radius 1 is 0.826 bits per heavy atom. The topological polar surface area (TPSA) is 7.12 Å². The van der Waals surface area contributed by atoms with Crippen LogP contribution in [0.5, 0.6) is 0 Å². The average Bonchev–Trinajstić information content (AvgIpc) is 2.61. The number of hydrogen-bond acceptors (Lipinski definition) is 1. The first-order valence-electron chi connectivity index (χ1n) is 8.15. The number of hydrogen-bond donors (Lipinski definition) is 0. The fourth-order valence-electron chi connectivity index (χ4n) is 2.34. The van der Waals surface area contributed by atoms with Crippen LogP contribution in [-0.2, 0) is 0 Å².